The Morgan fingerprint density at radius 1 is 1.03 bits per heavy atom. The predicted octanol–water partition coefficient (Wildman–Crippen LogP) is 1.95. The fraction of sp³-hybridized carbons (Fsp3) is 0.476. The molecule has 0 spiro atoms. The molecule has 1 aromatic rings. The molecule has 0 radical (unpaired) electrons. The number of methoxy groups -OCH3 is 2. The molecule has 0 unspecified atom stereocenters. The summed E-state index contributed by atoms with van der Waals surface area (Å²) in [5.41, 5.74) is 1.01. The van der Waals surface area contributed by atoms with E-state index in [4.69, 9.17) is 14.2 Å². The van der Waals surface area contributed by atoms with Gasteiger partial charge in [-0.05, 0) is 30.9 Å². The Kier molecular flexibility index (Phi) is 6.53. The fourth-order valence-corrected chi connectivity index (χ4v) is 3.61. The number of carbonyl (C=O) groups excluding carboxylic acids is 3. The summed E-state index contributed by atoms with van der Waals surface area (Å²) in [6.45, 7) is 3.50. The molecule has 3 rings (SSSR count). The van der Waals surface area contributed by atoms with Crippen molar-refractivity contribution in [2.75, 3.05) is 45.5 Å². The molecule has 8 heteroatoms. The molecular formula is C21H26N2O6. The Labute approximate surface area is 170 Å². The topological polar surface area (TPSA) is 85.4 Å². The summed E-state index contributed by atoms with van der Waals surface area (Å²) >= 11 is 0. The van der Waals surface area contributed by atoms with Crippen LogP contribution in [0.1, 0.15) is 30.1 Å². The number of ether oxygens (including phenoxy) is 3. The third-order valence-electron chi connectivity index (χ3n) is 5.33. The summed E-state index contributed by atoms with van der Waals surface area (Å²) in [5, 5.41) is 0. The van der Waals surface area contributed by atoms with Crippen molar-refractivity contribution in [2.45, 2.75) is 19.8 Å². The van der Waals surface area contributed by atoms with E-state index in [2.05, 4.69) is 6.92 Å². The van der Waals surface area contributed by atoms with E-state index in [1.54, 1.807) is 24.3 Å². The van der Waals surface area contributed by atoms with Gasteiger partial charge in [-0.15, -0.1) is 0 Å². The molecule has 0 atom stereocenters. The number of likely N-dealkylation sites (tertiary alicyclic amines) is 1. The molecule has 0 saturated carbocycles. The third kappa shape index (κ3) is 4.27. The van der Waals surface area contributed by atoms with Gasteiger partial charge in [-0.2, -0.15) is 0 Å². The minimum absolute atomic E-state index is 0.00621. The van der Waals surface area contributed by atoms with Crippen molar-refractivity contribution in [3.63, 3.8) is 0 Å². The summed E-state index contributed by atoms with van der Waals surface area (Å²) < 4.78 is 15.2. The molecule has 2 aliphatic heterocycles. The Hall–Kier alpha value is -2.87. The Morgan fingerprint density at radius 3 is 2.34 bits per heavy atom. The van der Waals surface area contributed by atoms with Crippen LogP contribution < -0.4 is 4.90 Å². The second-order valence-corrected chi connectivity index (χ2v) is 7.21. The number of nitrogens with zero attached hydrogens (tertiary/aromatic N) is 2. The maximum absolute atomic E-state index is 13.2. The molecule has 0 aromatic heterocycles. The predicted molar refractivity (Wildman–Crippen MR) is 105 cm³/mol. The summed E-state index contributed by atoms with van der Waals surface area (Å²) in [4.78, 5) is 41.3. The second-order valence-electron chi connectivity index (χ2n) is 7.21. The van der Waals surface area contributed by atoms with Crippen molar-refractivity contribution in [1.29, 1.82) is 0 Å². The molecule has 0 aliphatic carbocycles. The van der Waals surface area contributed by atoms with Crippen LogP contribution in [0.4, 0.5) is 5.69 Å². The summed E-state index contributed by atoms with van der Waals surface area (Å²) in [5.74, 6) is -0.880. The van der Waals surface area contributed by atoms with E-state index in [9.17, 15) is 14.4 Å². The highest BCUT2D eigenvalue weighted by atomic mass is 16.5. The van der Waals surface area contributed by atoms with E-state index in [1.807, 2.05) is 4.90 Å². The van der Waals surface area contributed by atoms with Crippen LogP contribution in [0.15, 0.2) is 35.5 Å². The number of amides is 1. The van der Waals surface area contributed by atoms with E-state index < -0.39 is 11.9 Å². The lowest BCUT2D eigenvalue weighted by Gasteiger charge is -2.34. The zero-order valence-corrected chi connectivity index (χ0v) is 17.0. The Bertz CT molecular complexity index is 826. The first-order valence-electron chi connectivity index (χ1n) is 9.61. The number of anilines is 1. The van der Waals surface area contributed by atoms with Gasteiger partial charge >= 0.3 is 11.9 Å². The molecule has 1 aromatic carbocycles. The maximum atomic E-state index is 13.2. The first kappa shape index (κ1) is 20.9. The number of esters is 2. The van der Waals surface area contributed by atoms with Crippen molar-refractivity contribution in [2.24, 2.45) is 5.92 Å². The second kappa shape index (κ2) is 9.09. The Balaban J connectivity index is 2.02. The monoisotopic (exact) mass is 402 g/mol. The average molecular weight is 402 g/mol. The van der Waals surface area contributed by atoms with Crippen molar-refractivity contribution in [1.82, 2.24) is 4.90 Å². The highest BCUT2D eigenvalue weighted by Crippen LogP contribution is 2.31. The van der Waals surface area contributed by atoms with Gasteiger partial charge in [-0.25, -0.2) is 9.59 Å². The smallest absolute Gasteiger partial charge is 0.355 e. The quantitative estimate of drug-likeness (QED) is 0.712. The number of hydrogen-bond donors (Lipinski definition) is 0. The van der Waals surface area contributed by atoms with Gasteiger partial charge in [0.1, 0.15) is 12.4 Å². The molecule has 1 saturated heterocycles. The lowest BCUT2D eigenvalue weighted by Crippen LogP contribution is -2.41. The van der Waals surface area contributed by atoms with Gasteiger partial charge in [0.25, 0.3) is 5.91 Å². The first-order valence-corrected chi connectivity index (χ1v) is 9.61. The molecule has 29 heavy (non-hydrogen) atoms. The van der Waals surface area contributed by atoms with Crippen molar-refractivity contribution >= 4 is 23.5 Å². The zero-order chi connectivity index (χ0) is 21.0. The number of para-hydroxylation sites is 1. The molecule has 2 heterocycles. The molecule has 8 nitrogen and oxygen atoms in total. The molecule has 1 amide bonds. The van der Waals surface area contributed by atoms with Gasteiger partial charge in [0.2, 0.25) is 0 Å². The number of piperidine rings is 1. The van der Waals surface area contributed by atoms with Crippen molar-refractivity contribution < 1.29 is 28.6 Å². The van der Waals surface area contributed by atoms with Crippen LogP contribution in [0.2, 0.25) is 0 Å². The van der Waals surface area contributed by atoms with Crippen LogP contribution in [0.3, 0.4) is 0 Å². The van der Waals surface area contributed by atoms with Gasteiger partial charge in [0.15, 0.2) is 0 Å². The molecule has 0 bridgehead atoms. The molecule has 1 fully saturated rings. The van der Waals surface area contributed by atoms with E-state index in [1.165, 1.54) is 19.1 Å². The zero-order valence-electron chi connectivity index (χ0n) is 17.0. The maximum Gasteiger partial charge on any atom is 0.355 e. The van der Waals surface area contributed by atoms with Gasteiger partial charge < -0.3 is 24.0 Å². The number of benzene rings is 1. The Morgan fingerprint density at radius 2 is 1.69 bits per heavy atom. The fourth-order valence-electron chi connectivity index (χ4n) is 3.61. The van der Waals surface area contributed by atoms with Crippen LogP contribution in [-0.4, -0.2) is 63.4 Å². The van der Waals surface area contributed by atoms with Gasteiger partial charge in [-0.3, -0.25) is 4.79 Å². The minimum Gasteiger partial charge on any atom is -0.466 e. The van der Waals surface area contributed by atoms with E-state index >= 15 is 0 Å². The lowest BCUT2D eigenvalue weighted by molar-refractivity contribution is -0.140. The summed E-state index contributed by atoms with van der Waals surface area (Å²) in [7, 11) is 2.47. The third-order valence-corrected chi connectivity index (χ3v) is 5.33. The largest absolute Gasteiger partial charge is 0.466 e. The van der Waals surface area contributed by atoms with E-state index in [-0.39, 0.29) is 30.5 Å². The van der Waals surface area contributed by atoms with Gasteiger partial charge in [0.05, 0.1) is 37.7 Å². The van der Waals surface area contributed by atoms with Gasteiger partial charge in [-0.1, -0.05) is 19.1 Å². The first-order chi connectivity index (χ1) is 14.0. The lowest BCUT2D eigenvalue weighted by atomic mass is 9.98. The number of carbonyl (C=O) groups is 3. The van der Waals surface area contributed by atoms with Crippen LogP contribution in [0.5, 0.6) is 0 Å². The highest BCUT2D eigenvalue weighted by molar-refractivity contribution is 6.06. The minimum atomic E-state index is -0.692. The highest BCUT2D eigenvalue weighted by Gasteiger charge is 2.34. The normalized spacial score (nSPS) is 17.9. The van der Waals surface area contributed by atoms with Crippen LogP contribution in [0, 0.1) is 5.92 Å². The number of rotatable bonds is 4. The van der Waals surface area contributed by atoms with Crippen molar-refractivity contribution in [3.8, 4) is 0 Å². The van der Waals surface area contributed by atoms with Crippen LogP contribution in [0.25, 0.3) is 0 Å². The molecular weight excluding hydrogens is 376 g/mol. The van der Waals surface area contributed by atoms with E-state index in [0.717, 1.165) is 12.8 Å². The molecule has 2 aliphatic rings. The average Bonchev–Trinajstić information content (AvgIpc) is 2.77. The van der Waals surface area contributed by atoms with Crippen LogP contribution in [-0.2, 0) is 23.8 Å². The van der Waals surface area contributed by atoms with E-state index in [0.29, 0.717) is 30.3 Å². The number of hydrogen-bond acceptors (Lipinski definition) is 7. The summed E-state index contributed by atoms with van der Waals surface area (Å²) in [6, 6.07) is 6.99. The summed E-state index contributed by atoms with van der Waals surface area (Å²) in [6.07, 6.45) is 1.92. The molecule has 0 N–H and O–H groups in total. The van der Waals surface area contributed by atoms with Crippen molar-refractivity contribution in [3.05, 3.63) is 41.1 Å². The standard InChI is InChI=1S/C21H26N2O6/c1-14-8-10-22(11-9-14)19(24)15-6-4-5-7-17(15)23-13-29-12-16(20(25)27-2)18(23)21(26)28-3/h4-7,14H,8-13H2,1-3H3. The molecule has 156 valence electrons. The van der Waals surface area contributed by atoms with Gasteiger partial charge in [0, 0.05) is 13.1 Å². The van der Waals surface area contributed by atoms with Crippen LogP contribution >= 0.6 is 0 Å². The SMILES string of the molecule is COC(=O)C1=C(C(=O)OC)N(c2ccccc2C(=O)N2CCC(C)CC2)COC1.